The summed E-state index contributed by atoms with van der Waals surface area (Å²) >= 11 is 1.43. The number of carbonyl (C=O) groups excluding carboxylic acids is 2. The van der Waals surface area contributed by atoms with E-state index < -0.39 is 0 Å². The van der Waals surface area contributed by atoms with Crippen molar-refractivity contribution < 1.29 is 9.59 Å². The Hall–Kier alpha value is -1.56. The second-order valence-electron chi connectivity index (χ2n) is 6.54. The van der Waals surface area contributed by atoms with Gasteiger partial charge in [-0.05, 0) is 30.4 Å². The largest absolute Gasteiger partial charge is 0.352 e. The van der Waals surface area contributed by atoms with E-state index in [1.807, 2.05) is 6.07 Å². The van der Waals surface area contributed by atoms with Gasteiger partial charge in [0.05, 0.1) is 11.4 Å². The highest BCUT2D eigenvalue weighted by Gasteiger charge is 2.31. The Bertz CT molecular complexity index is 607. The highest BCUT2D eigenvalue weighted by molar-refractivity contribution is 8.00. The van der Waals surface area contributed by atoms with Crippen LogP contribution in [-0.2, 0) is 9.59 Å². The molecule has 2 aliphatic rings. The van der Waals surface area contributed by atoms with Crippen LogP contribution in [0.2, 0.25) is 0 Å². The molecule has 1 fully saturated rings. The number of fused-ring (bicyclic) bond motifs is 1. The summed E-state index contributed by atoms with van der Waals surface area (Å²) in [5.74, 6) is 1.34. The van der Waals surface area contributed by atoms with Crippen molar-refractivity contribution in [3.63, 3.8) is 0 Å². The highest BCUT2D eigenvalue weighted by atomic mass is 32.2. The number of anilines is 1. The molecule has 124 valence electrons. The van der Waals surface area contributed by atoms with Crippen molar-refractivity contribution in [1.29, 1.82) is 0 Å². The maximum Gasteiger partial charge on any atom is 0.240 e. The molecule has 0 saturated heterocycles. The van der Waals surface area contributed by atoms with Crippen LogP contribution in [0.25, 0.3) is 0 Å². The Balaban J connectivity index is 1.67. The molecule has 23 heavy (non-hydrogen) atoms. The molecule has 2 heterocycles. The van der Waals surface area contributed by atoms with Gasteiger partial charge in [-0.3, -0.25) is 14.5 Å². The molecule has 2 amide bonds. The minimum atomic E-state index is -0.0778. The third-order valence-corrected chi connectivity index (χ3v) is 6.01. The van der Waals surface area contributed by atoms with Gasteiger partial charge in [-0.2, -0.15) is 0 Å². The van der Waals surface area contributed by atoms with E-state index in [0.717, 1.165) is 23.6 Å². The molecular formula is C17H23N3O2S. The lowest BCUT2D eigenvalue weighted by Gasteiger charge is -2.35. The van der Waals surface area contributed by atoms with Crippen LogP contribution < -0.4 is 10.2 Å². The van der Waals surface area contributed by atoms with Crippen molar-refractivity contribution in [3.05, 3.63) is 18.3 Å². The van der Waals surface area contributed by atoms with Crippen LogP contribution in [0.15, 0.2) is 23.4 Å². The Labute approximate surface area is 141 Å². The number of rotatable bonds is 3. The van der Waals surface area contributed by atoms with Crippen LogP contribution in [0.4, 0.5) is 5.69 Å². The summed E-state index contributed by atoms with van der Waals surface area (Å²) in [7, 11) is 0. The summed E-state index contributed by atoms with van der Waals surface area (Å²) in [6, 6.07) is 3.87. The number of thioether (sulfide) groups is 1. The first-order valence-corrected chi connectivity index (χ1v) is 9.22. The quantitative estimate of drug-likeness (QED) is 0.923. The molecule has 1 aliphatic heterocycles. The van der Waals surface area contributed by atoms with Crippen LogP contribution >= 0.6 is 11.8 Å². The van der Waals surface area contributed by atoms with E-state index in [4.69, 9.17) is 0 Å². The summed E-state index contributed by atoms with van der Waals surface area (Å²) < 4.78 is 0. The van der Waals surface area contributed by atoms with Gasteiger partial charge in [0.1, 0.15) is 11.6 Å². The normalized spacial score (nSPS) is 27.5. The van der Waals surface area contributed by atoms with Crippen LogP contribution in [0.3, 0.4) is 0 Å². The number of nitrogens with zero attached hydrogens (tertiary/aromatic N) is 2. The first kappa shape index (κ1) is 16.3. The lowest BCUT2D eigenvalue weighted by atomic mass is 9.78. The van der Waals surface area contributed by atoms with E-state index in [1.165, 1.54) is 18.2 Å². The molecule has 0 radical (unpaired) electrons. The summed E-state index contributed by atoms with van der Waals surface area (Å²) in [4.78, 5) is 30.5. The predicted molar refractivity (Wildman–Crippen MR) is 91.4 cm³/mol. The topological polar surface area (TPSA) is 62.3 Å². The Morgan fingerprint density at radius 3 is 3.09 bits per heavy atom. The number of aromatic nitrogens is 1. The zero-order chi connectivity index (χ0) is 16.4. The average Bonchev–Trinajstić information content (AvgIpc) is 2.54. The summed E-state index contributed by atoms with van der Waals surface area (Å²) in [6.45, 7) is 4.53. The smallest absolute Gasteiger partial charge is 0.240 e. The number of hydrogen-bond donors (Lipinski definition) is 1. The van der Waals surface area contributed by atoms with Crippen molar-refractivity contribution in [2.75, 3.05) is 17.2 Å². The third-order valence-electron chi connectivity index (χ3n) is 5.03. The second-order valence-corrected chi connectivity index (χ2v) is 7.50. The Kier molecular flexibility index (Phi) is 4.90. The van der Waals surface area contributed by atoms with E-state index in [9.17, 15) is 9.59 Å². The average molecular weight is 333 g/mol. The molecule has 6 heteroatoms. The molecule has 1 aromatic rings. The van der Waals surface area contributed by atoms with Crippen LogP contribution in [-0.4, -0.2) is 35.1 Å². The molecule has 3 rings (SSSR count). The molecule has 0 bridgehead atoms. The SMILES string of the molecule is C[C@H]1[C@H](C)CCC[C@H]1NC(=O)CN1C(=O)CSc2ncccc21. The standard InChI is InChI=1S/C17H23N3O2S/c1-11-5-3-6-13(12(11)2)19-15(21)9-20-14-7-4-8-18-17(14)23-10-16(20)22/h4,7-8,11-13H,3,5-6,9-10H2,1-2H3,(H,19,21)/t11-,12+,13-/m1/s1. The fourth-order valence-electron chi connectivity index (χ4n) is 3.40. The molecule has 0 spiro atoms. The highest BCUT2D eigenvalue weighted by Crippen LogP contribution is 2.33. The number of carbonyl (C=O) groups is 2. The first-order chi connectivity index (χ1) is 11.1. The van der Waals surface area contributed by atoms with Gasteiger partial charge in [-0.1, -0.05) is 38.5 Å². The molecule has 5 nitrogen and oxygen atoms in total. The van der Waals surface area contributed by atoms with E-state index in [1.54, 1.807) is 17.2 Å². The maximum absolute atomic E-state index is 12.5. The van der Waals surface area contributed by atoms with Crippen molar-refractivity contribution in [3.8, 4) is 0 Å². The van der Waals surface area contributed by atoms with Gasteiger partial charge in [-0.15, -0.1) is 0 Å². The van der Waals surface area contributed by atoms with Gasteiger partial charge in [0.15, 0.2) is 0 Å². The maximum atomic E-state index is 12.5. The fourth-order valence-corrected chi connectivity index (χ4v) is 4.27. The van der Waals surface area contributed by atoms with Crippen molar-refractivity contribution in [1.82, 2.24) is 10.3 Å². The molecule has 1 aromatic heterocycles. The Morgan fingerprint density at radius 2 is 2.26 bits per heavy atom. The molecule has 3 atom stereocenters. The van der Waals surface area contributed by atoms with Crippen LogP contribution in [0, 0.1) is 11.8 Å². The first-order valence-electron chi connectivity index (χ1n) is 8.24. The molecular weight excluding hydrogens is 310 g/mol. The van der Waals surface area contributed by atoms with E-state index in [0.29, 0.717) is 17.6 Å². The zero-order valence-corrected chi connectivity index (χ0v) is 14.4. The van der Waals surface area contributed by atoms with Crippen molar-refractivity contribution >= 4 is 29.3 Å². The molecule has 1 N–H and O–H groups in total. The fraction of sp³-hybridized carbons (Fsp3) is 0.588. The zero-order valence-electron chi connectivity index (χ0n) is 13.6. The number of pyridine rings is 1. The predicted octanol–water partition coefficient (Wildman–Crippen LogP) is 2.46. The van der Waals surface area contributed by atoms with Gasteiger partial charge in [0.2, 0.25) is 11.8 Å². The minimum Gasteiger partial charge on any atom is -0.352 e. The number of nitrogens with one attached hydrogen (secondary N) is 1. The van der Waals surface area contributed by atoms with Crippen molar-refractivity contribution in [2.24, 2.45) is 11.8 Å². The summed E-state index contributed by atoms with van der Waals surface area (Å²) in [5.41, 5.74) is 0.744. The molecule has 1 saturated carbocycles. The van der Waals surface area contributed by atoms with Gasteiger partial charge in [0.25, 0.3) is 0 Å². The summed E-state index contributed by atoms with van der Waals surface area (Å²) in [6.07, 6.45) is 5.13. The molecule has 0 aromatic carbocycles. The van der Waals surface area contributed by atoms with Crippen LogP contribution in [0.5, 0.6) is 0 Å². The summed E-state index contributed by atoms with van der Waals surface area (Å²) in [5, 5.41) is 3.96. The molecule has 0 unspecified atom stereocenters. The van der Waals surface area contributed by atoms with Gasteiger partial charge < -0.3 is 5.32 Å². The van der Waals surface area contributed by atoms with E-state index in [2.05, 4.69) is 24.1 Å². The second kappa shape index (κ2) is 6.91. The number of hydrogen-bond acceptors (Lipinski definition) is 4. The van der Waals surface area contributed by atoms with Crippen molar-refractivity contribution in [2.45, 2.75) is 44.2 Å². The Morgan fingerprint density at radius 1 is 1.43 bits per heavy atom. The lowest BCUT2D eigenvalue weighted by Crippen LogP contribution is -2.49. The van der Waals surface area contributed by atoms with E-state index in [-0.39, 0.29) is 24.4 Å². The molecule has 1 aliphatic carbocycles. The van der Waals surface area contributed by atoms with Gasteiger partial charge in [-0.25, -0.2) is 4.98 Å². The number of amides is 2. The van der Waals surface area contributed by atoms with Gasteiger partial charge in [0, 0.05) is 12.2 Å². The lowest BCUT2D eigenvalue weighted by molar-refractivity contribution is -0.124. The minimum absolute atomic E-state index is 0.0317. The van der Waals surface area contributed by atoms with Gasteiger partial charge >= 0.3 is 0 Å². The van der Waals surface area contributed by atoms with E-state index >= 15 is 0 Å². The monoisotopic (exact) mass is 333 g/mol. The van der Waals surface area contributed by atoms with Crippen LogP contribution in [0.1, 0.15) is 33.1 Å². The third kappa shape index (κ3) is 3.52.